The van der Waals surface area contributed by atoms with Crippen molar-refractivity contribution in [1.82, 2.24) is 0 Å². The summed E-state index contributed by atoms with van der Waals surface area (Å²) in [6, 6.07) is 24.4. The van der Waals surface area contributed by atoms with E-state index < -0.39 is 0 Å². The summed E-state index contributed by atoms with van der Waals surface area (Å²) in [5, 5.41) is 2.27. The van der Waals surface area contributed by atoms with Crippen LogP contribution in [0.15, 0.2) is 72.8 Å². The van der Waals surface area contributed by atoms with Crippen molar-refractivity contribution in [3.05, 3.63) is 72.8 Å². The van der Waals surface area contributed by atoms with Gasteiger partial charge in [-0.2, -0.15) is 0 Å². The first-order valence-electron chi connectivity index (χ1n) is 7.64. The van der Waals surface area contributed by atoms with E-state index >= 15 is 0 Å². The molecule has 0 radical (unpaired) electrons. The Morgan fingerprint density at radius 1 is 0.913 bits per heavy atom. The third-order valence-corrected chi connectivity index (χ3v) is 4.48. The van der Waals surface area contributed by atoms with Gasteiger partial charge in [0.2, 0.25) is 0 Å². The molecule has 0 saturated carbocycles. The minimum Gasteiger partial charge on any atom is -0.483 e. The normalized spacial score (nSPS) is 11.9. The molecule has 3 rings (SSSR count). The molecule has 0 spiro atoms. The molecule has 0 heterocycles. The Kier molecular flexibility index (Phi) is 4.58. The van der Waals surface area contributed by atoms with Gasteiger partial charge in [0.15, 0.2) is 0 Å². The summed E-state index contributed by atoms with van der Waals surface area (Å²) in [5.41, 5.74) is 1.06. The molecule has 0 amide bonds. The highest BCUT2D eigenvalue weighted by atomic mass is 32.1. The lowest BCUT2D eigenvalue weighted by Crippen LogP contribution is -2.36. The molecular weight excluding hydrogens is 302 g/mol. The third-order valence-electron chi connectivity index (χ3n) is 3.88. The summed E-state index contributed by atoms with van der Waals surface area (Å²) < 4.78 is 6.15. The second-order valence-electron chi connectivity index (χ2n) is 5.47. The summed E-state index contributed by atoms with van der Waals surface area (Å²) in [6.45, 7) is 1.99. The molecule has 0 N–H and O–H groups in total. The summed E-state index contributed by atoms with van der Waals surface area (Å²) in [6.07, 6.45) is -0.194. The van der Waals surface area contributed by atoms with E-state index in [0.717, 1.165) is 21.8 Å². The van der Waals surface area contributed by atoms with Crippen LogP contribution in [0.25, 0.3) is 10.8 Å². The molecular formula is C20H19NOS. The van der Waals surface area contributed by atoms with Gasteiger partial charge < -0.3 is 9.64 Å². The Morgan fingerprint density at radius 3 is 2.35 bits per heavy atom. The molecule has 0 bridgehead atoms. The van der Waals surface area contributed by atoms with E-state index in [-0.39, 0.29) is 6.10 Å². The monoisotopic (exact) mass is 321 g/mol. The Morgan fingerprint density at radius 2 is 1.57 bits per heavy atom. The smallest absolute Gasteiger partial charge is 0.146 e. The van der Waals surface area contributed by atoms with Crippen molar-refractivity contribution in [2.45, 2.75) is 13.0 Å². The fourth-order valence-corrected chi connectivity index (χ4v) is 2.74. The summed E-state index contributed by atoms with van der Waals surface area (Å²) in [5.74, 6) is 0.861. The van der Waals surface area contributed by atoms with Gasteiger partial charge in [0.1, 0.15) is 16.8 Å². The van der Waals surface area contributed by atoms with Crippen LogP contribution >= 0.6 is 12.2 Å². The van der Waals surface area contributed by atoms with Crippen molar-refractivity contribution < 1.29 is 4.74 Å². The standard InChI is InChI=1S/C20H19NOS/c1-15(20(23)21(2)17-11-4-3-5-12-17)22-19-14-8-10-16-9-6-7-13-18(16)19/h3-15H,1-2H3. The molecule has 0 aliphatic carbocycles. The number of anilines is 1. The van der Waals surface area contributed by atoms with E-state index in [0.29, 0.717) is 0 Å². The van der Waals surface area contributed by atoms with Crippen LogP contribution in [0.2, 0.25) is 0 Å². The van der Waals surface area contributed by atoms with Gasteiger partial charge in [0.25, 0.3) is 0 Å². The summed E-state index contributed by atoms with van der Waals surface area (Å²) in [7, 11) is 1.97. The van der Waals surface area contributed by atoms with Crippen molar-refractivity contribution in [2.75, 3.05) is 11.9 Å². The van der Waals surface area contributed by atoms with Gasteiger partial charge in [-0.05, 0) is 30.5 Å². The van der Waals surface area contributed by atoms with Gasteiger partial charge >= 0.3 is 0 Å². The average molecular weight is 321 g/mol. The molecule has 3 aromatic carbocycles. The van der Waals surface area contributed by atoms with E-state index in [2.05, 4.69) is 18.2 Å². The van der Waals surface area contributed by atoms with Crippen LogP contribution in [0.3, 0.4) is 0 Å². The quantitative estimate of drug-likeness (QED) is 0.622. The zero-order chi connectivity index (χ0) is 16.2. The largest absolute Gasteiger partial charge is 0.483 e. The van der Waals surface area contributed by atoms with Crippen molar-refractivity contribution >= 4 is 33.7 Å². The van der Waals surface area contributed by atoms with E-state index in [1.165, 1.54) is 5.39 Å². The van der Waals surface area contributed by atoms with Crippen LogP contribution in [0.5, 0.6) is 5.75 Å². The molecule has 3 aromatic rings. The van der Waals surface area contributed by atoms with Crippen LogP contribution in [-0.2, 0) is 0 Å². The van der Waals surface area contributed by atoms with E-state index in [1.54, 1.807) is 0 Å². The minimum absolute atomic E-state index is 0.194. The number of hydrogen-bond donors (Lipinski definition) is 0. The van der Waals surface area contributed by atoms with Gasteiger partial charge in [-0.1, -0.05) is 66.8 Å². The fourth-order valence-electron chi connectivity index (χ4n) is 2.59. The average Bonchev–Trinajstić information content (AvgIpc) is 2.61. The first-order valence-corrected chi connectivity index (χ1v) is 8.04. The van der Waals surface area contributed by atoms with Gasteiger partial charge in [-0.25, -0.2) is 0 Å². The van der Waals surface area contributed by atoms with Gasteiger partial charge in [0, 0.05) is 18.1 Å². The number of thiocarbonyl (C=S) groups is 1. The highest BCUT2D eigenvalue weighted by molar-refractivity contribution is 7.80. The maximum atomic E-state index is 6.15. The van der Waals surface area contributed by atoms with Crippen molar-refractivity contribution in [2.24, 2.45) is 0 Å². The minimum atomic E-state index is -0.194. The molecule has 0 aliphatic heterocycles. The zero-order valence-electron chi connectivity index (χ0n) is 13.3. The number of nitrogens with zero attached hydrogens (tertiary/aromatic N) is 1. The number of likely N-dealkylation sites (N-methyl/N-ethyl adjacent to an activating group) is 1. The molecule has 23 heavy (non-hydrogen) atoms. The zero-order valence-corrected chi connectivity index (χ0v) is 14.1. The first kappa shape index (κ1) is 15.5. The maximum Gasteiger partial charge on any atom is 0.146 e. The Hall–Kier alpha value is -2.39. The highest BCUT2D eigenvalue weighted by Gasteiger charge is 2.17. The van der Waals surface area contributed by atoms with Gasteiger partial charge in [-0.3, -0.25) is 0 Å². The molecule has 0 saturated heterocycles. The van der Waals surface area contributed by atoms with E-state index in [4.69, 9.17) is 17.0 Å². The second-order valence-corrected chi connectivity index (χ2v) is 5.89. The van der Waals surface area contributed by atoms with Crippen molar-refractivity contribution in [1.29, 1.82) is 0 Å². The van der Waals surface area contributed by atoms with E-state index in [1.807, 2.05) is 73.5 Å². The molecule has 0 aromatic heterocycles. The maximum absolute atomic E-state index is 6.15. The summed E-state index contributed by atoms with van der Waals surface area (Å²) in [4.78, 5) is 2.75. The van der Waals surface area contributed by atoms with Gasteiger partial charge in [0.05, 0.1) is 0 Å². The van der Waals surface area contributed by atoms with Crippen LogP contribution < -0.4 is 9.64 Å². The van der Waals surface area contributed by atoms with Crippen LogP contribution in [0.1, 0.15) is 6.92 Å². The molecule has 0 fully saturated rings. The lowest BCUT2D eigenvalue weighted by molar-refractivity contribution is 0.291. The number of fused-ring (bicyclic) bond motifs is 1. The SMILES string of the molecule is CC(Oc1cccc2ccccc12)C(=S)N(C)c1ccccc1. The second kappa shape index (κ2) is 6.80. The predicted molar refractivity (Wildman–Crippen MR) is 101 cm³/mol. The van der Waals surface area contributed by atoms with Crippen molar-refractivity contribution in [3.63, 3.8) is 0 Å². The topological polar surface area (TPSA) is 12.5 Å². The number of rotatable bonds is 4. The van der Waals surface area contributed by atoms with Crippen LogP contribution in [0.4, 0.5) is 5.69 Å². The third kappa shape index (κ3) is 3.35. The molecule has 1 atom stereocenters. The molecule has 116 valence electrons. The fraction of sp³-hybridized carbons (Fsp3) is 0.150. The lowest BCUT2D eigenvalue weighted by atomic mass is 10.1. The molecule has 2 nitrogen and oxygen atoms in total. The van der Waals surface area contributed by atoms with Crippen molar-refractivity contribution in [3.8, 4) is 5.75 Å². The number of para-hydroxylation sites is 1. The molecule has 0 aliphatic rings. The molecule has 1 unspecified atom stereocenters. The number of ether oxygens (including phenoxy) is 1. The number of benzene rings is 3. The summed E-state index contributed by atoms with van der Waals surface area (Å²) >= 11 is 5.60. The number of hydrogen-bond acceptors (Lipinski definition) is 2. The van der Waals surface area contributed by atoms with E-state index in [9.17, 15) is 0 Å². The predicted octanol–water partition coefficient (Wildman–Crippen LogP) is 5.07. The van der Waals surface area contributed by atoms with Crippen LogP contribution in [-0.4, -0.2) is 18.1 Å². The van der Waals surface area contributed by atoms with Crippen LogP contribution in [0, 0.1) is 0 Å². The lowest BCUT2D eigenvalue weighted by Gasteiger charge is -2.25. The Labute approximate surface area is 142 Å². The Bertz CT molecular complexity index is 811. The molecule has 3 heteroatoms. The highest BCUT2D eigenvalue weighted by Crippen LogP contribution is 2.26. The van der Waals surface area contributed by atoms with Gasteiger partial charge in [-0.15, -0.1) is 0 Å². The Balaban J connectivity index is 1.80. The first-order chi connectivity index (χ1) is 11.2.